The molecule has 0 aliphatic carbocycles. The van der Waals surface area contributed by atoms with E-state index in [1.54, 1.807) is 0 Å². The molecule has 0 bridgehead atoms. The fourth-order valence-electron chi connectivity index (χ4n) is 0.0770. The van der Waals surface area contributed by atoms with Gasteiger partial charge in [-0.3, -0.25) is 0 Å². The number of nitrogens with zero attached hydrogens (tertiary/aromatic N) is 1. The number of hydrogen-bond acceptors (Lipinski definition) is 0. The summed E-state index contributed by atoms with van der Waals surface area (Å²) >= 11 is 4.95. The Labute approximate surface area is 119 Å². The van der Waals surface area contributed by atoms with Gasteiger partial charge in [0, 0.05) is 17.4 Å². The SMILES string of the molecule is [C-]#[N+]/C(Cl)=C(\C)F.[C-]#[O+].[C-]#[O+].[C-]#[O+].[C-]#[O+].[C-]#[O+].[Cr]. The van der Waals surface area contributed by atoms with Crippen LogP contribution in [0.15, 0.2) is 11.0 Å². The summed E-state index contributed by atoms with van der Waals surface area (Å²) in [5.74, 6) is -0.628. The molecule has 0 aliphatic rings. The van der Waals surface area contributed by atoms with E-state index in [1.165, 1.54) is 0 Å². The molecule has 18 heavy (non-hydrogen) atoms. The van der Waals surface area contributed by atoms with Crippen LogP contribution in [0.4, 0.5) is 4.39 Å². The predicted molar refractivity (Wildman–Crippen MR) is 45.9 cm³/mol. The molecule has 0 rings (SSSR count). The Balaban J connectivity index is -0.0000000189. The van der Waals surface area contributed by atoms with E-state index in [9.17, 15) is 4.39 Å². The molecule has 0 heterocycles. The van der Waals surface area contributed by atoms with E-state index in [1.807, 2.05) is 0 Å². The van der Waals surface area contributed by atoms with Crippen LogP contribution in [-0.4, -0.2) is 0 Å². The van der Waals surface area contributed by atoms with E-state index >= 15 is 0 Å². The van der Waals surface area contributed by atoms with Crippen molar-refractivity contribution in [1.29, 1.82) is 0 Å². The zero-order valence-electron chi connectivity index (χ0n) is 8.65. The third-order valence-corrected chi connectivity index (χ3v) is 0.727. The summed E-state index contributed by atoms with van der Waals surface area (Å²) < 4.78 is 49.1. The summed E-state index contributed by atoms with van der Waals surface area (Å²) in [5.41, 5.74) is 0. The van der Waals surface area contributed by atoms with Crippen LogP contribution < -0.4 is 0 Å². The van der Waals surface area contributed by atoms with E-state index in [0.29, 0.717) is 0 Å². The molecule has 0 radical (unpaired) electrons. The molecular weight excluding hydrogens is 309 g/mol. The second-order valence-electron chi connectivity index (χ2n) is 0.936. The van der Waals surface area contributed by atoms with Crippen molar-refractivity contribution in [3.63, 3.8) is 0 Å². The zero-order valence-corrected chi connectivity index (χ0v) is 10.7. The van der Waals surface area contributed by atoms with Gasteiger partial charge in [0.1, 0.15) is 5.83 Å². The molecule has 0 saturated carbocycles. The first-order chi connectivity index (χ1) is 8.18. The maximum atomic E-state index is 11.6. The van der Waals surface area contributed by atoms with Crippen molar-refractivity contribution in [2.45, 2.75) is 6.92 Å². The van der Waals surface area contributed by atoms with Crippen molar-refractivity contribution in [1.82, 2.24) is 0 Å². The number of hydrogen-bond donors (Lipinski definition) is 0. The van der Waals surface area contributed by atoms with Crippen LogP contribution >= 0.6 is 11.6 Å². The van der Waals surface area contributed by atoms with E-state index in [0.717, 1.165) is 6.92 Å². The summed E-state index contributed by atoms with van der Waals surface area (Å²) in [6.45, 7) is 29.8. The van der Waals surface area contributed by atoms with Crippen LogP contribution in [0.1, 0.15) is 6.92 Å². The predicted octanol–water partition coefficient (Wildman–Crippen LogP) is 2.11. The third-order valence-electron chi connectivity index (χ3n) is 0.382. The molecule has 9 heteroatoms. The molecule has 0 fully saturated rings. The van der Waals surface area contributed by atoms with Crippen molar-refractivity contribution in [3.05, 3.63) is 55.7 Å². The van der Waals surface area contributed by atoms with Crippen LogP contribution in [0.5, 0.6) is 0 Å². The molecule has 0 atom stereocenters. The van der Waals surface area contributed by atoms with Gasteiger partial charge in [-0.25, -0.2) is 9.24 Å². The Morgan fingerprint density at radius 2 is 1.06 bits per heavy atom. The first-order valence-electron chi connectivity index (χ1n) is 2.60. The van der Waals surface area contributed by atoms with Gasteiger partial charge in [-0.05, 0) is 6.92 Å². The van der Waals surface area contributed by atoms with Gasteiger partial charge in [0.2, 0.25) is 0 Å². The minimum Gasteiger partial charge on any atom is 0 e. The number of allylic oxidation sites excluding steroid dienone is 1. The molecule has 0 spiro atoms. The quantitative estimate of drug-likeness (QED) is 0.371. The van der Waals surface area contributed by atoms with E-state index in [4.69, 9.17) is 41.4 Å². The van der Waals surface area contributed by atoms with Crippen molar-refractivity contribution < 1.29 is 45.0 Å². The Hall–Kier alpha value is -1.32. The summed E-state index contributed by atoms with van der Waals surface area (Å²) in [5, 5.41) is -0.389. The second kappa shape index (κ2) is 105. The van der Waals surface area contributed by atoms with Gasteiger partial charge in [-0.1, -0.05) is 0 Å². The molecular formula is C9H3ClCrFNO5. The van der Waals surface area contributed by atoms with Gasteiger partial charge in [-0.2, -0.15) is 0 Å². The fourth-order valence-corrected chi connectivity index (χ4v) is 0.0770. The first kappa shape index (κ1) is 43.8. The number of halogens is 2. The largest absolute Gasteiger partial charge is 0 e. The number of rotatable bonds is 0. The molecule has 0 unspecified atom stereocenters. The topological polar surface area (TPSA) is 104 Å². The average Bonchev–Trinajstić information content (AvgIpc) is 2.48. The Kier molecular flexibility index (Phi) is 255. The molecule has 0 aromatic carbocycles. The van der Waals surface area contributed by atoms with Crippen LogP contribution in [0, 0.1) is 39.8 Å². The van der Waals surface area contributed by atoms with Crippen molar-refractivity contribution in [2.24, 2.45) is 0 Å². The molecule has 0 aromatic heterocycles. The van der Waals surface area contributed by atoms with Gasteiger partial charge in [-0.15, -0.1) is 11.6 Å². The van der Waals surface area contributed by atoms with Crippen LogP contribution in [0.3, 0.4) is 0 Å². The summed E-state index contributed by atoms with van der Waals surface area (Å²) in [6, 6.07) is 0. The summed E-state index contributed by atoms with van der Waals surface area (Å²) in [7, 11) is 0. The molecule has 0 N–H and O–H groups in total. The van der Waals surface area contributed by atoms with Crippen LogP contribution in [-0.2, 0) is 40.6 Å². The molecule has 0 saturated heterocycles. The maximum absolute atomic E-state index is 11.6. The van der Waals surface area contributed by atoms with Gasteiger partial charge in [0.05, 0.1) is 6.57 Å². The third kappa shape index (κ3) is 125. The average molecular weight is 312 g/mol. The van der Waals surface area contributed by atoms with Gasteiger partial charge in [0.15, 0.2) is 0 Å². The molecule has 6 nitrogen and oxygen atoms in total. The zero-order chi connectivity index (χ0) is 15.9. The molecule has 0 amide bonds. The smallest absolute Gasteiger partial charge is 0 e. The van der Waals surface area contributed by atoms with Crippen LogP contribution in [0.2, 0.25) is 0 Å². The fraction of sp³-hybridized carbons (Fsp3) is 0.111. The van der Waals surface area contributed by atoms with E-state index in [-0.39, 0.29) is 22.5 Å². The van der Waals surface area contributed by atoms with Crippen molar-refractivity contribution >= 4 is 11.6 Å². The van der Waals surface area contributed by atoms with E-state index < -0.39 is 5.83 Å². The minimum atomic E-state index is -0.628. The van der Waals surface area contributed by atoms with E-state index in [2.05, 4.69) is 38.1 Å². The first-order valence-corrected chi connectivity index (χ1v) is 2.97. The Bertz CT molecular complexity index is 275. The Morgan fingerprint density at radius 1 is 0.889 bits per heavy atom. The molecule has 94 valence electrons. The normalized spacial score (nSPS) is 5.33. The van der Waals surface area contributed by atoms with Gasteiger partial charge in [0.25, 0.3) is 5.16 Å². The maximum Gasteiger partial charge on any atom is 0 e. The molecule has 0 aliphatic heterocycles. The van der Waals surface area contributed by atoms with Crippen molar-refractivity contribution in [3.8, 4) is 0 Å². The van der Waals surface area contributed by atoms with Crippen LogP contribution in [0.25, 0.3) is 4.85 Å². The van der Waals surface area contributed by atoms with Crippen molar-refractivity contribution in [2.75, 3.05) is 0 Å². The standard InChI is InChI=1S/C4H3ClFN.5CO.Cr/c1-3(6)4(5)7-2;5*1-2;/h1H3;;;;;;/b4-3+;;;;;;. The minimum absolute atomic E-state index is 0. The van der Waals surface area contributed by atoms with Gasteiger partial charge >= 0.3 is 56.5 Å². The summed E-state index contributed by atoms with van der Waals surface area (Å²) in [6.07, 6.45) is 0. The summed E-state index contributed by atoms with van der Waals surface area (Å²) in [4.78, 5) is 2.61. The Morgan fingerprint density at radius 3 is 1.06 bits per heavy atom. The van der Waals surface area contributed by atoms with Gasteiger partial charge < -0.3 is 0 Å². The monoisotopic (exact) mass is 311 g/mol. The molecule has 0 aromatic rings. The second-order valence-corrected chi connectivity index (χ2v) is 1.29.